The van der Waals surface area contributed by atoms with Crippen molar-refractivity contribution >= 4 is 17.7 Å². The highest BCUT2D eigenvalue weighted by Gasteiger charge is 2.68. The van der Waals surface area contributed by atoms with Gasteiger partial charge in [-0.3, -0.25) is 4.79 Å². The Kier molecular flexibility index (Phi) is 4.31. The molecule has 1 aliphatic heterocycles. The largest absolute Gasteiger partial charge is 0.466 e. The minimum Gasteiger partial charge on any atom is -0.466 e. The Hall–Kier alpha value is -1.99. The Bertz CT molecular complexity index is 635. The van der Waals surface area contributed by atoms with Gasteiger partial charge < -0.3 is 18.9 Å². The van der Waals surface area contributed by atoms with E-state index in [-0.39, 0.29) is 30.8 Å². The van der Waals surface area contributed by atoms with Crippen molar-refractivity contribution in [3.8, 4) is 0 Å². The number of hydrogen-bond donors (Lipinski definition) is 0. The second kappa shape index (κ2) is 6.14. The Labute approximate surface area is 139 Å². The number of allylic oxidation sites excluding steroid dienone is 2. The van der Waals surface area contributed by atoms with Gasteiger partial charge in [-0.05, 0) is 12.8 Å². The lowest BCUT2D eigenvalue weighted by Crippen LogP contribution is -2.59. The third-order valence-electron chi connectivity index (χ3n) is 5.04. The van der Waals surface area contributed by atoms with Crippen molar-refractivity contribution in [2.75, 3.05) is 27.4 Å². The van der Waals surface area contributed by atoms with Crippen molar-refractivity contribution in [2.24, 2.45) is 23.7 Å². The van der Waals surface area contributed by atoms with Crippen LogP contribution in [0, 0.1) is 23.7 Å². The first kappa shape index (κ1) is 16.9. The van der Waals surface area contributed by atoms with Crippen LogP contribution in [-0.4, -0.2) is 50.9 Å². The fraction of sp³-hybridized carbons (Fsp3) is 0.588. The number of esters is 2. The molecule has 0 spiro atoms. The minimum atomic E-state index is -1.43. The van der Waals surface area contributed by atoms with Crippen LogP contribution in [0.25, 0.3) is 0 Å². The van der Waals surface area contributed by atoms with Gasteiger partial charge in [-0.15, -0.1) is 0 Å². The molecule has 0 aromatic rings. The standard InChI is InChI=1S/C17H20O7/c1-4-23-13(18)6-5-9-10-7-11(16(20)21-2)14-12(9)8-24-17(14,22-3)15(10)19/h5-7,9-10,12,14H,4,8H2,1-3H3/b6-5+/t9-,10+,12+,14-,17+/m0/s1. The van der Waals surface area contributed by atoms with Crippen LogP contribution in [0.4, 0.5) is 0 Å². The summed E-state index contributed by atoms with van der Waals surface area (Å²) in [6.07, 6.45) is 4.64. The van der Waals surface area contributed by atoms with Crippen LogP contribution in [-0.2, 0) is 33.3 Å². The van der Waals surface area contributed by atoms with Gasteiger partial charge in [0.05, 0.1) is 26.2 Å². The first-order valence-electron chi connectivity index (χ1n) is 7.88. The van der Waals surface area contributed by atoms with E-state index >= 15 is 0 Å². The summed E-state index contributed by atoms with van der Waals surface area (Å²) in [5, 5.41) is 0. The normalized spacial score (nSPS) is 36.8. The van der Waals surface area contributed by atoms with E-state index in [0.29, 0.717) is 5.57 Å². The van der Waals surface area contributed by atoms with E-state index in [1.807, 2.05) is 0 Å². The van der Waals surface area contributed by atoms with Gasteiger partial charge in [0.25, 0.3) is 0 Å². The average molecular weight is 336 g/mol. The highest BCUT2D eigenvalue weighted by Crippen LogP contribution is 2.57. The molecule has 1 saturated heterocycles. The van der Waals surface area contributed by atoms with Crippen LogP contribution >= 0.6 is 0 Å². The molecule has 5 atom stereocenters. The van der Waals surface area contributed by atoms with Crippen molar-refractivity contribution in [2.45, 2.75) is 12.7 Å². The SMILES string of the molecule is CCOC(=O)/C=C/[C@@H]1[C@H]2CO[C@@]3(OC)C(=O)[C@@H]1C=C(C(=O)OC)[C@@H]23. The molecule has 24 heavy (non-hydrogen) atoms. The molecule has 4 bridgehead atoms. The smallest absolute Gasteiger partial charge is 0.333 e. The fourth-order valence-electron chi connectivity index (χ4n) is 4.08. The molecule has 0 radical (unpaired) electrons. The molecule has 4 rings (SSSR count). The molecule has 2 fully saturated rings. The second-order valence-corrected chi connectivity index (χ2v) is 6.02. The zero-order valence-corrected chi connectivity index (χ0v) is 13.8. The summed E-state index contributed by atoms with van der Waals surface area (Å²) in [7, 11) is 2.70. The van der Waals surface area contributed by atoms with Gasteiger partial charge in [0.1, 0.15) is 0 Å². The molecule has 0 N–H and O–H groups in total. The van der Waals surface area contributed by atoms with Crippen molar-refractivity contribution in [3.63, 3.8) is 0 Å². The number of ketones is 1. The molecule has 0 aromatic heterocycles. The number of rotatable bonds is 5. The van der Waals surface area contributed by atoms with Crippen LogP contribution in [0.5, 0.6) is 0 Å². The summed E-state index contributed by atoms with van der Waals surface area (Å²) >= 11 is 0. The summed E-state index contributed by atoms with van der Waals surface area (Å²) in [4.78, 5) is 36.5. The molecule has 1 heterocycles. The Morgan fingerprint density at radius 1 is 1.42 bits per heavy atom. The van der Waals surface area contributed by atoms with E-state index in [0.717, 1.165) is 0 Å². The number of carbonyl (C=O) groups excluding carboxylic acids is 3. The second-order valence-electron chi connectivity index (χ2n) is 6.02. The highest BCUT2D eigenvalue weighted by molar-refractivity contribution is 6.00. The summed E-state index contributed by atoms with van der Waals surface area (Å²) in [6, 6.07) is 0. The molecule has 130 valence electrons. The lowest BCUT2D eigenvalue weighted by molar-refractivity contribution is -0.218. The summed E-state index contributed by atoms with van der Waals surface area (Å²) < 4.78 is 20.8. The van der Waals surface area contributed by atoms with E-state index in [4.69, 9.17) is 18.9 Å². The third kappa shape index (κ3) is 2.22. The quantitative estimate of drug-likeness (QED) is 0.538. The van der Waals surface area contributed by atoms with Gasteiger partial charge in [0.2, 0.25) is 5.79 Å². The number of Topliss-reactive ketones (excluding diaryl/α,β-unsaturated/α-hetero) is 1. The topological polar surface area (TPSA) is 88.1 Å². The average Bonchev–Trinajstić information content (AvgIpc) is 2.95. The molecule has 7 heteroatoms. The summed E-state index contributed by atoms with van der Waals surface area (Å²) in [5.74, 6) is -4.12. The molecule has 0 aromatic carbocycles. The van der Waals surface area contributed by atoms with E-state index in [9.17, 15) is 14.4 Å². The minimum absolute atomic E-state index is 0.141. The van der Waals surface area contributed by atoms with Crippen LogP contribution in [0.3, 0.4) is 0 Å². The number of ether oxygens (including phenoxy) is 4. The van der Waals surface area contributed by atoms with Gasteiger partial charge in [-0.25, -0.2) is 9.59 Å². The summed E-state index contributed by atoms with van der Waals surface area (Å²) in [6.45, 7) is 2.28. The van der Waals surface area contributed by atoms with E-state index in [1.54, 1.807) is 19.1 Å². The van der Waals surface area contributed by atoms with Gasteiger partial charge >= 0.3 is 11.9 Å². The number of carbonyl (C=O) groups is 3. The first-order valence-corrected chi connectivity index (χ1v) is 7.88. The van der Waals surface area contributed by atoms with Gasteiger partial charge in [-0.1, -0.05) is 12.2 Å². The van der Waals surface area contributed by atoms with E-state index in [1.165, 1.54) is 20.3 Å². The van der Waals surface area contributed by atoms with Crippen LogP contribution in [0.15, 0.2) is 23.8 Å². The van der Waals surface area contributed by atoms with E-state index in [2.05, 4.69) is 0 Å². The molecule has 4 aliphatic rings. The molecule has 0 unspecified atom stereocenters. The maximum atomic E-state index is 12.8. The van der Waals surface area contributed by atoms with Gasteiger partial charge in [-0.2, -0.15) is 0 Å². The zero-order valence-electron chi connectivity index (χ0n) is 13.8. The summed E-state index contributed by atoms with van der Waals surface area (Å²) in [5.41, 5.74) is 0.409. The number of hydrogen-bond acceptors (Lipinski definition) is 7. The Balaban J connectivity index is 1.98. The molecule has 3 aliphatic carbocycles. The van der Waals surface area contributed by atoms with Crippen molar-refractivity contribution < 1.29 is 33.3 Å². The van der Waals surface area contributed by atoms with Crippen LogP contribution in [0.2, 0.25) is 0 Å². The van der Waals surface area contributed by atoms with Gasteiger partial charge in [0, 0.05) is 30.6 Å². The molecule has 0 amide bonds. The van der Waals surface area contributed by atoms with Crippen LogP contribution < -0.4 is 0 Å². The number of methoxy groups -OCH3 is 2. The fourth-order valence-corrected chi connectivity index (χ4v) is 4.08. The molecular formula is C17H20O7. The van der Waals surface area contributed by atoms with Crippen molar-refractivity contribution in [1.29, 1.82) is 0 Å². The zero-order chi connectivity index (χ0) is 17.5. The van der Waals surface area contributed by atoms with Crippen LogP contribution in [0.1, 0.15) is 6.92 Å². The van der Waals surface area contributed by atoms with E-state index < -0.39 is 29.6 Å². The predicted molar refractivity (Wildman–Crippen MR) is 80.5 cm³/mol. The maximum Gasteiger partial charge on any atom is 0.333 e. The van der Waals surface area contributed by atoms with Crippen molar-refractivity contribution in [3.05, 3.63) is 23.8 Å². The third-order valence-corrected chi connectivity index (χ3v) is 5.04. The molecule has 1 saturated carbocycles. The Morgan fingerprint density at radius 2 is 2.17 bits per heavy atom. The first-order chi connectivity index (χ1) is 11.5. The maximum absolute atomic E-state index is 12.8. The molecular weight excluding hydrogens is 316 g/mol. The highest BCUT2D eigenvalue weighted by atomic mass is 16.7. The van der Waals surface area contributed by atoms with Crippen molar-refractivity contribution in [1.82, 2.24) is 0 Å². The Morgan fingerprint density at radius 3 is 2.79 bits per heavy atom. The lowest BCUT2D eigenvalue weighted by Gasteiger charge is -2.47. The predicted octanol–water partition coefficient (Wildman–Crippen LogP) is 0.639. The monoisotopic (exact) mass is 336 g/mol. The molecule has 7 nitrogen and oxygen atoms in total. The lowest BCUT2D eigenvalue weighted by atomic mass is 9.57. The van der Waals surface area contributed by atoms with Gasteiger partial charge in [0.15, 0.2) is 5.78 Å².